The Balaban J connectivity index is 0.907. The summed E-state index contributed by atoms with van der Waals surface area (Å²) in [7, 11) is 0. The molecule has 0 bridgehead atoms. The fraction of sp³-hybridized carbons (Fsp3) is 0.462. The minimum absolute atomic E-state index is 0.0145. The number of nitrogens with one attached hydrogen (secondary N) is 3. The molecule has 4 aromatic rings. The van der Waals surface area contributed by atoms with Crippen LogP contribution in [0.25, 0.3) is 21.3 Å². The Morgan fingerprint density at radius 2 is 1.85 bits per heavy atom. The van der Waals surface area contributed by atoms with E-state index in [9.17, 15) is 23.9 Å². The van der Waals surface area contributed by atoms with Crippen LogP contribution >= 0.6 is 31.7 Å². The van der Waals surface area contributed by atoms with Gasteiger partial charge in [-0.05, 0) is 6.92 Å². The fourth-order valence-electron chi connectivity index (χ4n) is 7.88. The number of likely N-dealkylation sites (tertiary alicyclic amines) is 1. The number of aryl methyl sites for hydroxylation is 1. The van der Waals surface area contributed by atoms with Crippen LogP contribution in [0.15, 0.2) is 60.2 Å². The molecule has 2 aromatic carbocycles. The van der Waals surface area contributed by atoms with Gasteiger partial charge in [-0.2, -0.15) is 0 Å². The van der Waals surface area contributed by atoms with Gasteiger partial charge >= 0.3 is 278 Å². The number of alkyl halides is 1. The van der Waals surface area contributed by atoms with Crippen LogP contribution in [0.3, 0.4) is 0 Å². The Bertz CT molecular complexity index is 1970. The summed E-state index contributed by atoms with van der Waals surface area (Å²) in [6, 6.07) is 13.4. The van der Waals surface area contributed by atoms with Gasteiger partial charge in [0.05, 0.1) is 16.1 Å². The second kappa shape index (κ2) is 15.1. The van der Waals surface area contributed by atoms with Gasteiger partial charge < -0.3 is 0 Å². The van der Waals surface area contributed by atoms with Crippen molar-refractivity contribution in [2.75, 3.05) is 6.54 Å². The summed E-state index contributed by atoms with van der Waals surface area (Å²) in [5, 5.41) is 14.4. The normalized spacial score (nSPS) is 25.4. The van der Waals surface area contributed by atoms with Gasteiger partial charge in [0.15, 0.2) is 0 Å². The molecule has 276 valence electrons. The molecule has 13 heteroatoms. The molecule has 2 saturated heterocycles. The van der Waals surface area contributed by atoms with Crippen LogP contribution in [0.5, 0.6) is 0 Å². The summed E-state index contributed by atoms with van der Waals surface area (Å²) < 4.78 is 20.3. The summed E-state index contributed by atoms with van der Waals surface area (Å²) >= 11 is -0.699. The van der Waals surface area contributed by atoms with Crippen LogP contribution in [0.4, 0.5) is 4.39 Å². The maximum atomic E-state index is 14.1. The summed E-state index contributed by atoms with van der Waals surface area (Å²) in [6.45, 7) is 8.40. The minimum atomic E-state index is -2.29. The Morgan fingerprint density at radius 1 is 1.10 bits per heavy atom. The van der Waals surface area contributed by atoms with Crippen LogP contribution in [0.2, 0.25) is 0 Å². The quantitative estimate of drug-likeness (QED) is 0.0897. The average molecular weight is 841 g/mol. The number of carbonyl (C=O) groups excluding carboxylic acids is 3. The first-order valence-electron chi connectivity index (χ1n) is 18.0. The van der Waals surface area contributed by atoms with E-state index in [2.05, 4.69) is 22.3 Å². The predicted molar refractivity (Wildman–Crippen MR) is 209 cm³/mol. The van der Waals surface area contributed by atoms with E-state index in [-0.39, 0.29) is 48.3 Å². The van der Waals surface area contributed by atoms with E-state index in [0.29, 0.717) is 12.5 Å². The van der Waals surface area contributed by atoms with Crippen molar-refractivity contribution in [3.63, 3.8) is 0 Å². The maximum absolute atomic E-state index is 14.1. The number of aliphatic hydroxyl groups is 1. The standard InChI is InChI=1S/C39H46FIN6O4S/c1-22(25-9-11-26(12-10-25)30-15-16-42-32-14-13-28(40)17-31(30)32)36(49)46-41-39(3,4)35(45-41)38(51)47-20-29(48)18-33(47)37(50)43-19-24-5-7-27(8-6-24)34-23(2)44-21-52-34/h5-8,13-17,21-22,25-26,29,33,35,45,48H,9-12,18-20H2,1-4H3,(H,43,50)(H,46,49). The molecule has 1 saturated carbocycles. The fourth-order valence-corrected chi connectivity index (χ4v) is 13.6. The Kier molecular flexibility index (Phi) is 10.7. The molecule has 0 radical (unpaired) electrons. The number of aliphatic hydroxyl groups excluding tert-OH is 1. The van der Waals surface area contributed by atoms with Crippen molar-refractivity contribution >= 4 is 60.3 Å². The second-order valence-electron chi connectivity index (χ2n) is 14.9. The Hall–Kier alpha value is -3.53. The molecule has 4 unspecified atom stereocenters. The molecule has 2 aliphatic heterocycles. The zero-order chi connectivity index (χ0) is 36.7. The van der Waals surface area contributed by atoms with Gasteiger partial charge in [0.2, 0.25) is 0 Å². The molecule has 4 N–H and O–H groups in total. The second-order valence-corrected chi connectivity index (χ2v) is 21.3. The number of β-amino-alcohol motifs (C(OH)–C–C–N with tert-alkyl or cyclic N) is 1. The number of carbonyl (C=O) groups is 3. The topological polar surface area (TPSA) is 137 Å². The number of nitrogens with zero attached hydrogens (tertiary/aromatic N) is 3. The molecule has 10 nitrogen and oxygen atoms in total. The summed E-state index contributed by atoms with van der Waals surface area (Å²) in [5.74, 6) is -0.392. The van der Waals surface area contributed by atoms with Crippen LogP contribution in [0.1, 0.15) is 75.6 Å². The van der Waals surface area contributed by atoms with Gasteiger partial charge in [-0.3, -0.25) is 0 Å². The summed E-state index contributed by atoms with van der Waals surface area (Å²) in [6.07, 6.45) is 4.86. The molecule has 2 aromatic heterocycles. The molecule has 4 atom stereocenters. The van der Waals surface area contributed by atoms with Crippen molar-refractivity contribution in [2.45, 2.75) is 93.9 Å². The third-order valence-corrected chi connectivity index (χ3v) is 17.9. The average Bonchev–Trinajstić information content (AvgIpc) is 3.76. The van der Waals surface area contributed by atoms with Gasteiger partial charge in [0, 0.05) is 0 Å². The van der Waals surface area contributed by atoms with Crippen LogP contribution in [-0.2, 0) is 20.9 Å². The number of amides is 3. The number of pyridine rings is 1. The van der Waals surface area contributed by atoms with Crippen molar-refractivity contribution in [3.8, 4) is 10.4 Å². The van der Waals surface area contributed by atoms with Gasteiger partial charge in [0.1, 0.15) is 0 Å². The van der Waals surface area contributed by atoms with E-state index in [1.165, 1.54) is 11.0 Å². The number of hydrogen-bond acceptors (Lipinski definition) is 8. The Labute approximate surface area is 315 Å². The van der Waals surface area contributed by atoms with Crippen LogP contribution < -0.4 is 12.4 Å². The first-order valence-corrected chi connectivity index (χ1v) is 22.1. The van der Waals surface area contributed by atoms with Crippen molar-refractivity contribution < 1.29 is 23.9 Å². The first kappa shape index (κ1) is 36.8. The molecule has 1 aliphatic carbocycles. The molecule has 3 aliphatic rings. The van der Waals surface area contributed by atoms with E-state index in [1.54, 1.807) is 29.7 Å². The summed E-state index contributed by atoms with van der Waals surface area (Å²) in [4.78, 5) is 52.1. The molecule has 4 heterocycles. The number of rotatable bonds is 9. The molecular weight excluding hydrogens is 794 g/mol. The third-order valence-electron chi connectivity index (χ3n) is 11.2. The molecule has 52 heavy (non-hydrogen) atoms. The van der Waals surface area contributed by atoms with Gasteiger partial charge in [0.25, 0.3) is 0 Å². The van der Waals surface area contributed by atoms with Crippen LogP contribution in [-0.4, -0.2) is 65.9 Å². The van der Waals surface area contributed by atoms with Gasteiger partial charge in [-0.25, -0.2) is 4.98 Å². The van der Waals surface area contributed by atoms with E-state index in [0.717, 1.165) is 63.8 Å². The van der Waals surface area contributed by atoms with Gasteiger partial charge in [-0.1, -0.05) is 0 Å². The van der Waals surface area contributed by atoms with E-state index < -0.39 is 42.0 Å². The molecule has 3 fully saturated rings. The molecule has 3 amide bonds. The number of aromatic nitrogens is 2. The monoisotopic (exact) mass is 840 g/mol. The van der Waals surface area contributed by atoms with Gasteiger partial charge in [-0.15, -0.1) is 11.3 Å². The van der Waals surface area contributed by atoms with E-state index in [4.69, 9.17) is 0 Å². The van der Waals surface area contributed by atoms with Crippen molar-refractivity contribution in [2.24, 2.45) is 11.8 Å². The first-order chi connectivity index (χ1) is 24.9. The van der Waals surface area contributed by atoms with Crippen molar-refractivity contribution in [1.82, 2.24) is 27.2 Å². The number of benzene rings is 2. The summed E-state index contributed by atoms with van der Waals surface area (Å²) in [5.41, 5.74) is 6.74. The third kappa shape index (κ3) is 7.33. The number of fused-ring (bicyclic) bond motifs is 1. The molecular formula is C39H46FIN6O4S. The number of thiazole rings is 1. The SMILES string of the molecule is Cc1ncsc1-c1ccc(CNC(=O)C2CC(O)CN2C(=O)C2NI(NC(=O)C(C)C3CCC(c4ccnc5ccc(F)cc45)CC3)C2(C)C)cc1. The zero-order valence-electron chi connectivity index (χ0n) is 29.9. The van der Waals surface area contributed by atoms with Crippen molar-refractivity contribution in [3.05, 3.63) is 82.9 Å². The van der Waals surface area contributed by atoms with Crippen LogP contribution in [0, 0.1) is 24.6 Å². The van der Waals surface area contributed by atoms with E-state index >= 15 is 0 Å². The Morgan fingerprint density at radius 3 is 2.54 bits per heavy atom. The number of halogens is 2. The predicted octanol–water partition coefficient (Wildman–Crippen LogP) is 6.20. The zero-order valence-corrected chi connectivity index (χ0v) is 32.8. The molecule has 7 rings (SSSR count). The van der Waals surface area contributed by atoms with E-state index in [1.807, 2.05) is 63.5 Å². The molecule has 0 spiro atoms. The van der Waals surface area contributed by atoms with Crippen molar-refractivity contribution in [1.29, 1.82) is 0 Å². The number of hydrogen-bond donors (Lipinski definition) is 4.